The van der Waals surface area contributed by atoms with E-state index in [0.29, 0.717) is 15.3 Å². The van der Waals surface area contributed by atoms with Crippen LogP contribution in [0.15, 0.2) is 30.3 Å². The van der Waals surface area contributed by atoms with Gasteiger partial charge in [0, 0.05) is 17.8 Å². The number of rotatable bonds is 4. The number of benzene rings is 1. The second-order valence-corrected chi connectivity index (χ2v) is 8.45. The normalized spacial score (nSPS) is 18.4. The van der Waals surface area contributed by atoms with E-state index >= 15 is 0 Å². The van der Waals surface area contributed by atoms with Crippen molar-refractivity contribution in [2.45, 2.75) is 38.1 Å². The van der Waals surface area contributed by atoms with Crippen molar-refractivity contribution in [2.75, 3.05) is 5.32 Å². The molecule has 168 valence electrons. The molecule has 5 amide bonds. The number of amides is 5. The molecule has 0 bridgehead atoms. The highest BCUT2D eigenvalue weighted by atomic mass is 32.1. The maximum atomic E-state index is 13.0. The molecular weight excluding hydrogens is 449 g/mol. The van der Waals surface area contributed by atoms with Crippen molar-refractivity contribution in [1.82, 2.24) is 15.5 Å². The van der Waals surface area contributed by atoms with E-state index in [9.17, 15) is 32.3 Å². The van der Waals surface area contributed by atoms with Gasteiger partial charge in [0.2, 0.25) is 11.8 Å². The Morgan fingerprint density at radius 2 is 1.97 bits per heavy atom. The van der Waals surface area contributed by atoms with Crippen LogP contribution in [0.2, 0.25) is 0 Å². The molecule has 1 fully saturated rings. The van der Waals surface area contributed by atoms with Gasteiger partial charge in [0.15, 0.2) is 0 Å². The summed E-state index contributed by atoms with van der Waals surface area (Å²) in [5.41, 5.74) is -0.616. The summed E-state index contributed by atoms with van der Waals surface area (Å²) < 4.78 is 39.1. The Labute approximate surface area is 183 Å². The third-order valence-corrected chi connectivity index (χ3v) is 6.31. The maximum Gasteiger partial charge on any atom is 0.418 e. The summed E-state index contributed by atoms with van der Waals surface area (Å²) in [7, 11) is 0. The summed E-state index contributed by atoms with van der Waals surface area (Å²) in [6, 6.07) is 4.84. The lowest BCUT2D eigenvalue weighted by Crippen LogP contribution is -2.52. The van der Waals surface area contributed by atoms with Crippen LogP contribution in [0.5, 0.6) is 0 Å². The number of halogens is 3. The molecular formula is C20H17F3N4O4S. The molecule has 12 heteroatoms. The smallest absolute Gasteiger partial charge is 0.333 e. The number of nitrogens with zero attached hydrogens (tertiary/aromatic N) is 1. The number of thiophene rings is 1. The Hall–Kier alpha value is -3.41. The van der Waals surface area contributed by atoms with E-state index < -0.39 is 29.7 Å². The quantitative estimate of drug-likeness (QED) is 0.603. The number of carbonyl (C=O) groups excluding carboxylic acids is 4. The zero-order chi connectivity index (χ0) is 23.0. The standard InChI is InChI=1S/C20H17F3N4O4S/c21-20(22,23)12-3-1-2-4-13(12)25-19(31)24-8-11-7-10-9-27(18(30)16(10)32-11)14-5-6-15(28)26-17(14)29/h1-4,7,14H,5-6,8-9H2,(H2,24,25,31)(H,26,28,29). The summed E-state index contributed by atoms with van der Waals surface area (Å²) in [6.45, 7) is 0.228. The molecule has 2 aliphatic rings. The highest BCUT2D eigenvalue weighted by molar-refractivity contribution is 7.14. The van der Waals surface area contributed by atoms with Crippen LogP contribution in [0.1, 0.15) is 38.5 Å². The van der Waals surface area contributed by atoms with Crippen LogP contribution in [0, 0.1) is 0 Å². The molecule has 32 heavy (non-hydrogen) atoms. The molecule has 2 aliphatic heterocycles. The molecule has 1 saturated heterocycles. The maximum absolute atomic E-state index is 13.0. The van der Waals surface area contributed by atoms with Gasteiger partial charge in [-0.05, 0) is 30.2 Å². The first kappa shape index (κ1) is 21.8. The number of alkyl halides is 3. The molecule has 1 atom stereocenters. The first-order valence-electron chi connectivity index (χ1n) is 9.61. The Bertz CT molecular complexity index is 1110. The van der Waals surface area contributed by atoms with Gasteiger partial charge in [0.25, 0.3) is 5.91 Å². The number of carbonyl (C=O) groups is 4. The van der Waals surface area contributed by atoms with E-state index in [1.54, 1.807) is 6.07 Å². The van der Waals surface area contributed by atoms with Crippen molar-refractivity contribution in [3.8, 4) is 0 Å². The van der Waals surface area contributed by atoms with Crippen molar-refractivity contribution < 1.29 is 32.3 Å². The number of para-hydroxylation sites is 1. The molecule has 1 unspecified atom stereocenters. The zero-order valence-corrected chi connectivity index (χ0v) is 17.2. The van der Waals surface area contributed by atoms with Crippen molar-refractivity contribution in [1.29, 1.82) is 0 Å². The number of anilines is 1. The number of fused-ring (bicyclic) bond motifs is 1. The Kier molecular flexibility index (Phi) is 5.63. The molecule has 0 saturated carbocycles. The van der Waals surface area contributed by atoms with Gasteiger partial charge in [-0.15, -0.1) is 11.3 Å². The minimum Gasteiger partial charge on any atom is -0.333 e. The third kappa shape index (κ3) is 4.31. The van der Waals surface area contributed by atoms with Crippen LogP contribution in [-0.2, 0) is 28.9 Å². The second-order valence-electron chi connectivity index (χ2n) is 7.32. The van der Waals surface area contributed by atoms with Crippen LogP contribution in [0.3, 0.4) is 0 Å². The molecule has 0 radical (unpaired) electrons. The van der Waals surface area contributed by atoms with Gasteiger partial charge >= 0.3 is 12.2 Å². The topological polar surface area (TPSA) is 108 Å². The van der Waals surface area contributed by atoms with Crippen LogP contribution in [-0.4, -0.2) is 34.7 Å². The van der Waals surface area contributed by atoms with Crippen molar-refractivity contribution in [2.24, 2.45) is 0 Å². The van der Waals surface area contributed by atoms with E-state index in [2.05, 4.69) is 16.0 Å². The van der Waals surface area contributed by atoms with Gasteiger partial charge < -0.3 is 15.5 Å². The van der Waals surface area contributed by atoms with Gasteiger partial charge in [-0.3, -0.25) is 19.7 Å². The lowest BCUT2D eigenvalue weighted by molar-refractivity contribution is -0.138. The van der Waals surface area contributed by atoms with E-state index in [4.69, 9.17) is 0 Å². The number of urea groups is 1. The Morgan fingerprint density at radius 1 is 1.22 bits per heavy atom. The van der Waals surface area contributed by atoms with Gasteiger partial charge in [-0.2, -0.15) is 13.2 Å². The summed E-state index contributed by atoms with van der Waals surface area (Å²) in [5, 5.41) is 6.90. The average Bonchev–Trinajstić information content (AvgIpc) is 3.25. The van der Waals surface area contributed by atoms with Crippen LogP contribution in [0.4, 0.5) is 23.7 Å². The van der Waals surface area contributed by atoms with E-state index in [-0.39, 0.29) is 43.4 Å². The molecule has 1 aromatic heterocycles. The van der Waals surface area contributed by atoms with Crippen molar-refractivity contribution >= 4 is 40.8 Å². The predicted octanol–water partition coefficient (Wildman–Crippen LogP) is 2.85. The zero-order valence-electron chi connectivity index (χ0n) is 16.4. The molecule has 4 rings (SSSR count). The monoisotopic (exact) mass is 466 g/mol. The van der Waals surface area contributed by atoms with Crippen molar-refractivity contribution in [3.05, 3.63) is 51.2 Å². The van der Waals surface area contributed by atoms with E-state index in [0.717, 1.165) is 23.5 Å². The summed E-state index contributed by atoms with van der Waals surface area (Å²) in [6.07, 6.45) is -4.18. The summed E-state index contributed by atoms with van der Waals surface area (Å²) >= 11 is 1.14. The van der Waals surface area contributed by atoms with Gasteiger partial charge in [0.1, 0.15) is 6.04 Å². The molecule has 8 nitrogen and oxygen atoms in total. The highest BCUT2D eigenvalue weighted by Gasteiger charge is 2.40. The number of piperidine rings is 1. The molecule has 1 aromatic carbocycles. The van der Waals surface area contributed by atoms with Crippen LogP contribution >= 0.6 is 11.3 Å². The summed E-state index contributed by atoms with van der Waals surface area (Å²) in [5.74, 6) is -1.19. The molecule has 2 aromatic rings. The number of hydrogen-bond acceptors (Lipinski definition) is 5. The SMILES string of the molecule is O=C1CCC(N2Cc3cc(CNC(=O)Nc4ccccc4C(F)(F)F)sc3C2=O)C(=O)N1. The van der Waals surface area contributed by atoms with E-state index in [1.165, 1.54) is 17.0 Å². The Morgan fingerprint density at radius 3 is 2.66 bits per heavy atom. The number of imide groups is 1. The first-order valence-corrected chi connectivity index (χ1v) is 10.4. The van der Waals surface area contributed by atoms with Gasteiger partial charge in [-0.25, -0.2) is 4.79 Å². The second kappa shape index (κ2) is 8.26. The lowest BCUT2D eigenvalue weighted by atomic mass is 10.0. The average molecular weight is 466 g/mol. The molecule has 3 heterocycles. The van der Waals surface area contributed by atoms with E-state index in [1.807, 2.05) is 0 Å². The fourth-order valence-corrected chi connectivity index (χ4v) is 4.73. The third-order valence-electron chi connectivity index (χ3n) is 5.15. The minimum absolute atomic E-state index is 0.0172. The molecule has 0 spiro atoms. The molecule has 3 N–H and O–H groups in total. The predicted molar refractivity (Wildman–Crippen MR) is 108 cm³/mol. The van der Waals surface area contributed by atoms with Crippen molar-refractivity contribution in [3.63, 3.8) is 0 Å². The fourth-order valence-electron chi connectivity index (χ4n) is 3.66. The largest absolute Gasteiger partial charge is 0.418 e. The van der Waals surface area contributed by atoms with Crippen LogP contribution < -0.4 is 16.0 Å². The number of nitrogens with one attached hydrogen (secondary N) is 3. The number of hydrogen-bond donors (Lipinski definition) is 3. The minimum atomic E-state index is -4.60. The molecule has 0 aliphatic carbocycles. The van der Waals surface area contributed by atoms with Crippen LogP contribution in [0.25, 0.3) is 0 Å². The van der Waals surface area contributed by atoms with Gasteiger partial charge in [0.05, 0.1) is 22.7 Å². The highest BCUT2D eigenvalue weighted by Crippen LogP contribution is 2.35. The first-order chi connectivity index (χ1) is 15.1. The fraction of sp³-hybridized carbons (Fsp3) is 0.300. The summed E-state index contributed by atoms with van der Waals surface area (Å²) in [4.78, 5) is 50.7. The lowest BCUT2D eigenvalue weighted by Gasteiger charge is -2.29. The van der Waals surface area contributed by atoms with Gasteiger partial charge in [-0.1, -0.05) is 12.1 Å². The Balaban J connectivity index is 1.36.